The maximum absolute atomic E-state index is 15.0. The molecule has 5 atom stereocenters. The van der Waals surface area contributed by atoms with Crippen LogP contribution in [-0.2, 0) is 20.9 Å². The molecular formula is C37H55N3O4S. The number of fused-ring (bicyclic) bond motifs is 1. The summed E-state index contributed by atoms with van der Waals surface area (Å²) in [4.78, 5) is 49.9. The molecule has 0 aromatic heterocycles. The van der Waals surface area contributed by atoms with Gasteiger partial charge in [0.05, 0.1) is 16.6 Å². The molecule has 4 rings (SSSR count). The fourth-order valence-electron chi connectivity index (χ4n) is 8.59. The summed E-state index contributed by atoms with van der Waals surface area (Å²) in [5.74, 6) is -1.24. The van der Waals surface area contributed by atoms with Gasteiger partial charge in [-0.15, -0.1) is 24.9 Å². The molecule has 7 nitrogen and oxygen atoms in total. The molecule has 248 valence electrons. The van der Waals surface area contributed by atoms with E-state index in [0.29, 0.717) is 39.0 Å². The highest BCUT2D eigenvalue weighted by Gasteiger charge is 2.77. The molecule has 3 saturated heterocycles. The molecule has 3 aliphatic heterocycles. The lowest BCUT2D eigenvalue weighted by Crippen LogP contribution is -2.60. The number of hydrogen-bond donors (Lipinski definition) is 1. The number of carbonyl (C=O) groups excluding carboxylic acids is 3. The highest BCUT2D eigenvalue weighted by atomic mass is 32.2. The lowest BCUT2D eigenvalue weighted by molar-refractivity contribution is -0.147. The van der Waals surface area contributed by atoms with Crippen molar-refractivity contribution in [3.8, 4) is 0 Å². The van der Waals surface area contributed by atoms with Crippen molar-refractivity contribution in [3.05, 3.63) is 61.2 Å². The van der Waals surface area contributed by atoms with Crippen LogP contribution in [0.25, 0.3) is 0 Å². The normalized spacial score (nSPS) is 27.4. The highest BCUT2D eigenvalue weighted by molar-refractivity contribution is 8.02. The summed E-state index contributed by atoms with van der Waals surface area (Å²) in [6, 6.07) is 9.27. The predicted octanol–water partition coefficient (Wildman–Crippen LogP) is 6.07. The van der Waals surface area contributed by atoms with Gasteiger partial charge in [-0.1, -0.05) is 63.3 Å². The Bertz CT molecular complexity index is 1260. The van der Waals surface area contributed by atoms with E-state index in [1.165, 1.54) is 0 Å². The zero-order valence-corrected chi connectivity index (χ0v) is 29.2. The van der Waals surface area contributed by atoms with Gasteiger partial charge in [-0.05, 0) is 70.3 Å². The first-order valence-corrected chi connectivity index (χ1v) is 17.4. The van der Waals surface area contributed by atoms with Gasteiger partial charge < -0.3 is 19.8 Å². The molecule has 3 heterocycles. The Balaban J connectivity index is 1.76. The van der Waals surface area contributed by atoms with E-state index >= 15 is 4.79 Å². The Kier molecular flexibility index (Phi) is 10.7. The van der Waals surface area contributed by atoms with Crippen LogP contribution in [0.15, 0.2) is 55.6 Å². The topological polar surface area (TPSA) is 81.2 Å². The first-order chi connectivity index (χ1) is 21.2. The number of rotatable bonds is 15. The monoisotopic (exact) mass is 637 g/mol. The maximum Gasteiger partial charge on any atom is 0.247 e. The van der Waals surface area contributed by atoms with E-state index in [1.54, 1.807) is 23.9 Å². The molecule has 0 saturated carbocycles. The van der Waals surface area contributed by atoms with Crippen molar-refractivity contribution in [3.63, 3.8) is 0 Å². The number of unbranched alkanes of at least 4 members (excludes halogenated alkanes) is 2. The van der Waals surface area contributed by atoms with Crippen LogP contribution in [0.2, 0.25) is 0 Å². The van der Waals surface area contributed by atoms with Gasteiger partial charge in [0.2, 0.25) is 17.7 Å². The summed E-state index contributed by atoms with van der Waals surface area (Å²) < 4.78 is -1.12. The van der Waals surface area contributed by atoms with Crippen molar-refractivity contribution in [2.45, 2.75) is 108 Å². The van der Waals surface area contributed by atoms with Gasteiger partial charge in [-0.3, -0.25) is 14.4 Å². The third-order valence-electron chi connectivity index (χ3n) is 9.98. The van der Waals surface area contributed by atoms with Crippen LogP contribution < -0.4 is 0 Å². The van der Waals surface area contributed by atoms with Crippen molar-refractivity contribution in [2.75, 3.05) is 26.2 Å². The van der Waals surface area contributed by atoms with Gasteiger partial charge in [0.1, 0.15) is 6.04 Å². The number of thioether (sulfide) groups is 1. The Labute approximate surface area is 275 Å². The summed E-state index contributed by atoms with van der Waals surface area (Å²) in [5.41, 5.74) is 0.542. The minimum atomic E-state index is -0.677. The third kappa shape index (κ3) is 6.92. The summed E-state index contributed by atoms with van der Waals surface area (Å²) >= 11 is 1.73. The summed E-state index contributed by atoms with van der Waals surface area (Å²) in [6.07, 6.45) is 7.93. The second-order valence-electron chi connectivity index (χ2n) is 15.3. The molecule has 1 spiro atoms. The molecule has 2 unspecified atom stereocenters. The first-order valence-electron chi connectivity index (χ1n) is 16.6. The van der Waals surface area contributed by atoms with Crippen LogP contribution in [-0.4, -0.2) is 84.8 Å². The number of aliphatic hydroxyl groups excluding tert-OH is 1. The van der Waals surface area contributed by atoms with Gasteiger partial charge in [-0.2, -0.15) is 0 Å². The van der Waals surface area contributed by atoms with E-state index in [0.717, 1.165) is 31.2 Å². The zero-order valence-electron chi connectivity index (χ0n) is 28.4. The molecule has 3 amide bonds. The molecule has 8 heteroatoms. The lowest BCUT2D eigenvalue weighted by atomic mass is 9.66. The average molecular weight is 638 g/mol. The first kappa shape index (κ1) is 35.3. The van der Waals surface area contributed by atoms with Crippen molar-refractivity contribution in [2.24, 2.45) is 17.3 Å². The van der Waals surface area contributed by atoms with Gasteiger partial charge in [0.15, 0.2) is 0 Å². The lowest BCUT2D eigenvalue weighted by Gasteiger charge is -2.46. The summed E-state index contributed by atoms with van der Waals surface area (Å²) in [6.45, 7) is 22.6. The highest BCUT2D eigenvalue weighted by Crippen LogP contribution is 2.71. The van der Waals surface area contributed by atoms with Crippen LogP contribution in [0, 0.1) is 17.3 Å². The Morgan fingerprint density at radius 1 is 1.02 bits per heavy atom. The standard InChI is InChI=1S/C37H55N3O4S/c1-9-21-38(25-27-17-13-11-14-18-27)31(42)28-29-32(43)39(23-15-12-16-24-41)30(37(29)20-19-36(28,8)45-37)33(44)40(22-10-2)35(6,7)26-34(3,4)5/h9-11,13-14,17-18,28-30,41H,1-2,12,15-16,19-26H2,3-8H3/t28-,29+,30?,36+,37?/m1/s1. The van der Waals surface area contributed by atoms with Gasteiger partial charge in [-0.25, -0.2) is 0 Å². The predicted molar refractivity (Wildman–Crippen MR) is 183 cm³/mol. The van der Waals surface area contributed by atoms with E-state index in [2.05, 4.69) is 54.7 Å². The number of hydrogen-bond acceptors (Lipinski definition) is 5. The van der Waals surface area contributed by atoms with E-state index in [4.69, 9.17) is 0 Å². The molecule has 1 aromatic rings. The Morgan fingerprint density at radius 2 is 1.69 bits per heavy atom. The smallest absolute Gasteiger partial charge is 0.247 e. The zero-order chi connectivity index (χ0) is 33.2. The van der Waals surface area contributed by atoms with E-state index in [-0.39, 0.29) is 29.7 Å². The van der Waals surface area contributed by atoms with E-state index in [1.807, 2.05) is 45.0 Å². The number of likely N-dealkylation sites (tertiary alicyclic amines) is 1. The number of carbonyl (C=O) groups is 3. The number of benzene rings is 1. The molecule has 45 heavy (non-hydrogen) atoms. The average Bonchev–Trinajstić information content (AvgIpc) is 3.53. The molecule has 0 aliphatic carbocycles. The van der Waals surface area contributed by atoms with Crippen molar-refractivity contribution in [1.82, 2.24) is 14.7 Å². The molecular weight excluding hydrogens is 582 g/mol. The molecule has 3 fully saturated rings. The summed E-state index contributed by atoms with van der Waals surface area (Å²) in [5, 5.41) is 9.40. The van der Waals surface area contributed by atoms with Crippen molar-refractivity contribution < 1.29 is 19.5 Å². The fraction of sp³-hybridized carbons (Fsp3) is 0.649. The fourth-order valence-corrected chi connectivity index (χ4v) is 10.9. The number of nitrogens with zero attached hydrogens (tertiary/aromatic N) is 3. The second-order valence-corrected chi connectivity index (χ2v) is 17.2. The van der Waals surface area contributed by atoms with Crippen LogP contribution in [0.5, 0.6) is 0 Å². The van der Waals surface area contributed by atoms with Gasteiger partial charge in [0.25, 0.3) is 0 Å². The van der Waals surface area contributed by atoms with Crippen molar-refractivity contribution in [1.29, 1.82) is 0 Å². The van der Waals surface area contributed by atoms with Gasteiger partial charge in [0, 0.05) is 43.1 Å². The second kappa shape index (κ2) is 13.6. The van der Waals surface area contributed by atoms with Gasteiger partial charge >= 0.3 is 0 Å². The van der Waals surface area contributed by atoms with E-state index < -0.39 is 32.9 Å². The number of aliphatic hydroxyl groups is 1. The minimum absolute atomic E-state index is 0.0155. The van der Waals surface area contributed by atoms with Crippen LogP contribution in [0.4, 0.5) is 0 Å². The largest absolute Gasteiger partial charge is 0.396 e. The number of amides is 3. The Morgan fingerprint density at radius 3 is 2.29 bits per heavy atom. The molecule has 0 radical (unpaired) electrons. The van der Waals surface area contributed by atoms with Crippen LogP contribution >= 0.6 is 11.8 Å². The Hall–Kier alpha value is -2.58. The maximum atomic E-state index is 15.0. The van der Waals surface area contributed by atoms with E-state index in [9.17, 15) is 14.7 Å². The molecule has 1 aromatic carbocycles. The molecule has 1 N–H and O–H groups in total. The molecule has 3 aliphatic rings. The SMILES string of the molecule is C=CCN(Cc1ccccc1)C(=O)[C@H]1[C@H]2C(=O)N(CCCCCO)C(C(=O)N(CC=C)C(C)(C)CC(C)(C)C)C23CC[C@]1(C)S3. The third-order valence-corrected chi connectivity index (χ3v) is 12.0. The van der Waals surface area contributed by atoms with Crippen molar-refractivity contribution >= 4 is 29.5 Å². The quantitative estimate of drug-likeness (QED) is 0.186. The molecule has 2 bridgehead atoms. The minimum Gasteiger partial charge on any atom is -0.396 e. The van der Waals surface area contributed by atoms with Crippen LogP contribution in [0.3, 0.4) is 0 Å². The summed E-state index contributed by atoms with van der Waals surface area (Å²) in [7, 11) is 0. The van der Waals surface area contributed by atoms with Crippen LogP contribution in [0.1, 0.15) is 85.6 Å².